The van der Waals surface area contributed by atoms with E-state index < -0.39 is 0 Å². The van der Waals surface area contributed by atoms with Crippen LogP contribution in [-0.2, 0) is 11.2 Å². The van der Waals surface area contributed by atoms with E-state index in [1.165, 1.54) is 0 Å². The Labute approximate surface area is 160 Å². The molecule has 8 N–H and O–H groups in total. The van der Waals surface area contributed by atoms with Crippen molar-refractivity contribution in [1.82, 2.24) is 16.0 Å². The lowest BCUT2D eigenvalue weighted by atomic mass is 9.86. The number of hydrogen-bond acceptors (Lipinski definition) is 4. The topological polar surface area (TPSA) is 146 Å². The quantitative estimate of drug-likeness (QED) is 0.164. The van der Waals surface area contributed by atoms with Gasteiger partial charge in [0, 0.05) is 36.3 Å². The SMILES string of the molecule is CCc1cc(N)ccc1C(=O)N[C@H]1C[C@@H](NC(=O)CCCCNC(=N)N)C1. The minimum absolute atomic E-state index is 0.0272. The number of carbonyl (C=O) groups excluding carboxylic acids is 2. The van der Waals surface area contributed by atoms with Crippen LogP contribution >= 0.6 is 0 Å². The first-order valence-electron chi connectivity index (χ1n) is 9.45. The van der Waals surface area contributed by atoms with Gasteiger partial charge in [-0.05, 0) is 55.9 Å². The summed E-state index contributed by atoms with van der Waals surface area (Å²) in [6.45, 7) is 2.60. The van der Waals surface area contributed by atoms with Gasteiger partial charge in [-0.1, -0.05) is 6.92 Å². The monoisotopic (exact) mass is 374 g/mol. The molecule has 0 saturated heterocycles. The summed E-state index contributed by atoms with van der Waals surface area (Å²) in [6.07, 6.45) is 4.24. The van der Waals surface area contributed by atoms with Crippen LogP contribution < -0.4 is 27.4 Å². The Balaban J connectivity index is 1.65. The molecule has 8 heteroatoms. The van der Waals surface area contributed by atoms with E-state index in [2.05, 4.69) is 16.0 Å². The molecule has 1 aliphatic carbocycles. The van der Waals surface area contributed by atoms with Crippen molar-refractivity contribution in [1.29, 1.82) is 5.41 Å². The number of unbranched alkanes of at least 4 members (excludes halogenated alkanes) is 1. The van der Waals surface area contributed by atoms with Crippen molar-refractivity contribution in [3.63, 3.8) is 0 Å². The van der Waals surface area contributed by atoms with Crippen LogP contribution in [-0.4, -0.2) is 36.4 Å². The van der Waals surface area contributed by atoms with E-state index in [4.69, 9.17) is 16.9 Å². The van der Waals surface area contributed by atoms with Crippen LogP contribution in [0.1, 0.15) is 54.9 Å². The molecule has 27 heavy (non-hydrogen) atoms. The highest BCUT2D eigenvalue weighted by molar-refractivity contribution is 5.96. The molecule has 1 aliphatic rings. The highest BCUT2D eigenvalue weighted by Gasteiger charge is 2.31. The molecule has 0 atom stereocenters. The Hall–Kier alpha value is -2.77. The molecule has 1 fully saturated rings. The van der Waals surface area contributed by atoms with Gasteiger partial charge < -0.3 is 27.4 Å². The number of nitrogen functional groups attached to an aromatic ring is 1. The van der Waals surface area contributed by atoms with Crippen molar-refractivity contribution in [2.45, 2.75) is 57.5 Å². The van der Waals surface area contributed by atoms with Crippen LogP contribution in [0.25, 0.3) is 0 Å². The van der Waals surface area contributed by atoms with Gasteiger partial charge in [-0.15, -0.1) is 0 Å². The van der Waals surface area contributed by atoms with E-state index in [1.807, 2.05) is 13.0 Å². The summed E-state index contributed by atoms with van der Waals surface area (Å²) in [5, 5.41) is 15.8. The van der Waals surface area contributed by atoms with Gasteiger partial charge in [0.1, 0.15) is 0 Å². The Morgan fingerprint density at radius 3 is 2.56 bits per heavy atom. The molecule has 8 nitrogen and oxygen atoms in total. The number of guanidine groups is 1. The van der Waals surface area contributed by atoms with E-state index in [9.17, 15) is 9.59 Å². The van der Waals surface area contributed by atoms with Crippen LogP contribution in [0.3, 0.4) is 0 Å². The van der Waals surface area contributed by atoms with Crippen LogP contribution in [0.4, 0.5) is 5.69 Å². The van der Waals surface area contributed by atoms with Gasteiger partial charge in [-0.2, -0.15) is 0 Å². The lowest BCUT2D eigenvalue weighted by Gasteiger charge is -2.36. The third-order valence-corrected chi connectivity index (χ3v) is 4.74. The van der Waals surface area contributed by atoms with E-state index >= 15 is 0 Å². The first-order chi connectivity index (χ1) is 12.9. The van der Waals surface area contributed by atoms with Crippen molar-refractivity contribution < 1.29 is 9.59 Å². The number of carbonyl (C=O) groups is 2. The molecule has 0 aromatic heterocycles. The largest absolute Gasteiger partial charge is 0.399 e. The molecule has 2 amide bonds. The molecule has 0 radical (unpaired) electrons. The van der Waals surface area contributed by atoms with Crippen LogP contribution in [0.15, 0.2) is 18.2 Å². The number of aryl methyl sites for hydroxylation is 1. The average molecular weight is 374 g/mol. The number of rotatable bonds is 9. The summed E-state index contributed by atoms with van der Waals surface area (Å²) in [5.41, 5.74) is 13.2. The summed E-state index contributed by atoms with van der Waals surface area (Å²) in [5.74, 6) is -0.106. The van der Waals surface area contributed by atoms with Crippen LogP contribution in [0, 0.1) is 5.41 Å². The Morgan fingerprint density at radius 1 is 1.19 bits per heavy atom. The molecular weight excluding hydrogens is 344 g/mol. The van der Waals surface area contributed by atoms with Crippen molar-refractivity contribution >= 4 is 23.5 Å². The van der Waals surface area contributed by atoms with Gasteiger partial charge >= 0.3 is 0 Å². The zero-order chi connectivity index (χ0) is 19.8. The first kappa shape index (κ1) is 20.5. The molecule has 0 spiro atoms. The summed E-state index contributed by atoms with van der Waals surface area (Å²) in [4.78, 5) is 24.4. The van der Waals surface area contributed by atoms with E-state index in [0.29, 0.717) is 24.2 Å². The van der Waals surface area contributed by atoms with Crippen molar-refractivity contribution in [3.8, 4) is 0 Å². The number of nitrogens with two attached hydrogens (primary N) is 2. The molecule has 0 heterocycles. The maximum absolute atomic E-state index is 12.4. The number of anilines is 1. The second-order valence-electron chi connectivity index (χ2n) is 6.97. The molecule has 0 unspecified atom stereocenters. The molecule has 1 saturated carbocycles. The van der Waals surface area contributed by atoms with Gasteiger partial charge in [-0.25, -0.2) is 0 Å². The average Bonchev–Trinajstić information content (AvgIpc) is 2.58. The smallest absolute Gasteiger partial charge is 0.251 e. The molecule has 0 aliphatic heterocycles. The second-order valence-corrected chi connectivity index (χ2v) is 6.97. The fourth-order valence-corrected chi connectivity index (χ4v) is 3.18. The molecule has 1 aromatic carbocycles. The lowest BCUT2D eigenvalue weighted by Crippen LogP contribution is -2.53. The van der Waals surface area contributed by atoms with Gasteiger partial charge in [0.05, 0.1) is 0 Å². The van der Waals surface area contributed by atoms with Crippen LogP contribution in [0.5, 0.6) is 0 Å². The summed E-state index contributed by atoms with van der Waals surface area (Å²) >= 11 is 0. The highest BCUT2D eigenvalue weighted by atomic mass is 16.2. The first-order valence-corrected chi connectivity index (χ1v) is 9.45. The number of hydrogen-bond donors (Lipinski definition) is 6. The van der Waals surface area contributed by atoms with Gasteiger partial charge in [0.15, 0.2) is 5.96 Å². The number of amides is 2. The second kappa shape index (κ2) is 9.80. The highest BCUT2D eigenvalue weighted by Crippen LogP contribution is 2.22. The maximum atomic E-state index is 12.4. The van der Waals surface area contributed by atoms with E-state index in [0.717, 1.165) is 37.7 Å². The third-order valence-electron chi connectivity index (χ3n) is 4.74. The Morgan fingerprint density at radius 2 is 1.89 bits per heavy atom. The van der Waals surface area contributed by atoms with Crippen molar-refractivity contribution in [2.75, 3.05) is 12.3 Å². The predicted molar refractivity (Wildman–Crippen MR) is 106 cm³/mol. The zero-order valence-electron chi connectivity index (χ0n) is 15.8. The molecule has 2 rings (SSSR count). The minimum Gasteiger partial charge on any atom is -0.399 e. The molecule has 148 valence electrons. The molecule has 1 aromatic rings. The van der Waals surface area contributed by atoms with Gasteiger partial charge in [-0.3, -0.25) is 15.0 Å². The third kappa shape index (κ3) is 6.47. The van der Waals surface area contributed by atoms with Crippen LogP contribution in [0.2, 0.25) is 0 Å². The predicted octanol–water partition coefficient (Wildman–Crippen LogP) is 0.862. The standard InChI is InChI=1S/C19H30N6O2/c1-2-12-9-13(20)6-7-16(12)18(27)25-15-10-14(11-15)24-17(26)5-3-4-8-23-19(21)22/h6-7,9,14-15H,2-5,8,10-11,20H2,1H3,(H,24,26)(H,25,27)(H4,21,22,23)/t14-,15+. The summed E-state index contributed by atoms with van der Waals surface area (Å²) < 4.78 is 0. The number of nitrogens with one attached hydrogen (secondary N) is 4. The van der Waals surface area contributed by atoms with Gasteiger partial charge in [0.2, 0.25) is 5.91 Å². The summed E-state index contributed by atoms with van der Waals surface area (Å²) in [7, 11) is 0. The molecular formula is C19H30N6O2. The fraction of sp³-hybridized carbons (Fsp3) is 0.526. The minimum atomic E-state index is -0.0837. The lowest BCUT2D eigenvalue weighted by molar-refractivity contribution is -0.122. The van der Waals surface area contributed by atoms with Gasteiger partial charge in [0.25, 0.3) is 5.91 Å². The fourth-order valence-electron chi connectivity index (χ4n) is 3.18. The van der Waals surface area contributed by atoms with E-state index in [-0.39, 0.29) is 29.9 Å². The summed E-state index contributed by atoms with van der Waals surface area (Å²) in [6, 6.07) is 5.55. The Bertz CT molecular complexity index is 685. The van der Waals surface area contributed by atoms with Crippen molar-refractivity contribution in [2.24, 2.45) is 5.73 Å². The Kier molecular flexibility index (Phi) is 7.45. The van der Waals surface area contributed by atoms with Crippen molar-refractivity contribution in [3.05, 3.63) is 29.3 Å². The normalized spacial score (nSPS) is 18.3. The van der Waals surface area contributed by atoms with E-state index in [1.54, 1.807) is 12.1 Å². The molecule has 0 bridgehead atoms. The number of benzene rings is 1. The maximum Gasteiger partial charge on any atom is 0.251 e. The zero-order valence-corrected chi connectivity index (χ0v) is 15.8.